The van der Waals surface area contributed by atoms with Crippen LogP contribution in [0.4, 0.5) is 5.13 Å². The summed E-state index contributed by atoms with van der Waals surface area (Å²) < 4.78 is 22.6. The van der Waals surface area contributed by atoms with Crippen LogP contribution >= 0.6 is 11.3 Å². The minimum Gasteiger partial charge on any atom is -0.497 e. The first-order chi connectivity index (χ1) is 16.1. The number of carbonyl (C=O) groups is 1. The maximum atomic E-state index is 13.9. The molecule has 4 rings (SSSR count). The molecule has 7 nitrogen and oxygen atoms in total. The molecule has 170 valence electrons. The number of thiazole rings is 1. The van der Waals surface area contributed by atoms with Crippen molar-refractivity contribution in [2.75, 3.05) is 33.3 Å². The molecule has 8 heteroatoms. The molecule has 0 spiro atoms. The smallest absolute Gasteiger partial charge is 0.264 e. The Hall–Kier alpha value is -3.78. The standard InChI is InChI=1S/C25H24N2O5S/c1-29-17-10-11-19(30-2)18(14-17)24(28)27(15-16-8-6-5-7-9-16)25-26-22-20(31-3)12-13-21(32-4)23(22)33-25/h5-14H,15H2,1-4H3. The van der Waals surface area contributed by atoms with Crippen LogP contribution < -0.4 is 23.8 Å². The summed E-state index contributed by atoms with van der Waals surface area (Å²) in [4.78, 5) is 20.3. The van der Waals surface area contributed by atoms with E-state index >= 15 is 0 Å². The number of aromatic nitrogens is 1. The quantitative estimate of drug-likeness (QED) is 0.358. The van der Waals surface area contributed by atoms with Gasteiger partial charge in [-0.3, -0.25) is 9.69 Å². The Labute approximate surface area is 196 Å². The molecule has 0 bridgehead atoms. The summed E-state index contributed by atoms with van der Waals surface area (Å²) in [5.74, 6) is 2.04. The average molecular weight is 465 g/mol. The van der Waals surface area contributed by atoms with Crippen molar-refractivity contribution in [1.29, 1.82) is 0 Å². The van der Waals surface area contributed by atoms with Crippen molar-refractivity contribution in [3.8, 4) is 23.0 Å². The van der Waals surface area contributed by atoms with Gasteiger partial charge in [0.25, 0.3) is 5.91 Å². The van der Waals surface area contributed by atoms with E-state index in [9.17, 15) is 4.79 Å². The molecule has 0 aliphatic rings. The predicted octanol–water partition coefficient (Wildman–Crippen LogP) is 5.18. The number of hydrogen-bond donors (Lipinski definition) is 0. The van der Waals surface area contributed by atoms with E-state index in [-0.39, 0.29) is 5.91 Å². The van der Waals surface area contributed by atoms with Crippen molar-refractivity contribution in [2.24, 2.45) is 0 Å². The van der Waals surface area contributed by atoms with Crippen molar-refractivity contribution < 1.29 is 23.7 Å². The number of anilines is 1. The van der Waals surface area contributed by atoms with Gasteiger partial charge in [0.1, 0.15) is 33.2 Å². The second-order valence-electron chi connectivity index (χ2n) is 7.09. The second-order valence-corrected chi connectivity index (χ2v) is 8.06. The fourth-order valence-electron chi connectivity index (χ4n) is 3.51. The monoisotopic (exact) mass is 464 g/mol. The van der Waals surface area contributed by atoms with E-state index in [4.69, 9.17) is 23.9 Å². The molecule has 1 aromatic heterocycles. The minimum atomic E-state index is -0.258. The van der Waals surface area contributed by atoms with Crippen molar-refractivity contribution in [3.63, 3.8) is 0 Å². The summed E-state index contributed by atoms with van der Waals surface area (Å²) in [5, 5.41) is 0.520. The van der Waals surface area contributed by atoms with Gasteiger partial charge in [-0.05, 0) is 35.9 Å². The fraction of sp³-hybridized carbons (Fsp3) is 0.200. The molecule has 1 amide bonds. The van der Waals surface area contributed by atoms with E-state index in [0.29, 0.717) is 45.8 Å². The number of fused-ring (bicyclic) bond motifs is 1. The molecule has 0 fully saturated rings. The second kappa shape index (κ2) is 9.79. The van der Waals surface area contributed by atoms with E-state index in [1.54, 1.807) is 50.5 Å². The first-order valence-electron chi connectivity index (χ1n) is 10.2. The molecular formula is C25H24N2O5S. The van der Waals surface area contributed by atoms with Gasteiger partial charge in [-0.15, -0.1) is 0 Å². The maximum Gasteiger partial charge on any atom is 0.264 e. The highest BCUT2D eigenvalue weighted by Gasteiger charge is 2.26. The molecule has 3 aromatic carbocycles. The number of carbonyl (C=O) groups excluding carboxylic acids is 1. The Balaban J connectivity index is 1.87. The Morgan fingerprint density at radius 3 is 2.18 bits per heavy atom. The Morgan fingerprint density at radius 2 is 1.52 bits per heavy atom. The Bertz CT molecular complexity index is 1230. The number of benzene rings is 3. The first kappa shape index (κ1) is 22.4. The lowest BCUT2D eigenvalue weighted by Crippen LogP contribution is -2.30. The van der Waals surface area contributed by atoms with Crippen LogP contribution in [0.5, 0.6) is 23.0 Å². The topological polar surface area (TPSA) is 70.1 Å². The fourth-order valence-corrected chi connectivity index (χ4v) is 4.58. The largest absolute Gasteiger partial charge is 0.497 e. The third kappa shape index (κ3) is 4.42. The highest BCUT2D eigenvalue weighted by Crippen LogP contribution is 2.41. The molecule has 0 radical (unpaired) electrons. The lowest BCUT2D eigenvalue weighted by molar-refractivity contribution is 0.0982. The summed E-state index contributed by atoms with van der Waals surface area (Å²) in [5.41, 5.74) is 1.98. The third-order valence-corrected chi connectivity index (χ3v) is 6.29. The molecular weight excluding hydrogens is 440 g/mol. The van der Waals surface area contributed by atoms with Crippen LogP contribution in [0.25, 0.3) is 10.2 Å². The molecule has 0 saturated carbocycles. The first-order valence-corrected chi connectivity index (χ1v) is 11.0. The van der Waals surface area contributed by atoms with Gasteiger partial charge in [0, 0.05) is 0 Å². The molecule has 0 saturated heterocycles. The zero-order valence-electron chi connectivity index (χ0n) is 18.8. The third-order valence-electron chi connectivity index (χ3n) is 5.20. The van der Waals surface area contributed by atoms with Crippen LogP contribution in [0, 0.1) is 0 Å². The van der Waals surface area contributed by atoms with E-state index < -0.39 is 0 Å². The highest BCUT2D eigenvalue weighted by molar-refractivity contribution is 7.22. The molecule has 0 aliphatic carbocycles. The van der Waals surface area contributed by atoms with Crippen LogP contribution in [0.15, 0.2) is 60.7 Å². The summed E-state index contributed by atoms with van der Waals surface area (Å²) >= 11 is 1.37. The zero-order chi connectivity index (χ0) is 23.4. The van der Waals surface area contributed by atoms with Gasteiger partial charge in [-0.25, -0.2) is 4.98 Å². The molecule has 33 heavy (non-hydrogen) atoms. The van der Waals surface area contributed by atoms with Crippen LogP contribution in [0.1, 0.15) is 15.9 Å². The molecule has 0 unspecified atom stereocenters. The van der Waals surface area contributed by atoms with Crippen molar-refractivity contribution >= 4 is 32.6 Å². The van der Waals surface area contributed by atoms with Crippen LogP contribution in [-0.4, -0.2) is 39.3 Å². The van der Waals surface area contributed by atoms with Gasteiger partial charge in [0.15, 0.2) is 5.13 Å². The lowest BCUT2D eigenvalue weighted by atomic mass is 10.1. The molecule has 0 atom stereocenters. The van der Waals surface area contributed by atoms with Crippen molar-refractivity contribution in [1.82, 2.24) is 4.98 Å². The van der Waals surface area contributed by atoms with Crippen LogP contribution in [0.3, 0.4) is 0 Å². The van der Waals surface area contributed by atoms with Gasteiger partial charge in [-0.1, -0.05) is 41.7 Å². The Morgan fingerprint density at radius 1 is 0.848 bits per heavy atom. The normalized spacial score (nSPS) is 10.7. The predicted molar refractivity (Wildman–Crippen MR) is 129 cm³/mol. The summed E-state index contributed by atoms with van der Waals surface area (Å²) in [6.07, 6.45) is 0. The molecule has 0 aliphatic heterocycles. The summed E-state index contributed by atoms with van der Waals surface area (Å²) in [6, 6.07) is 18.5. The van der Waals surface area contributed by atoms with E-state index in [1.165, 1.54) is 18.4 Å². The van der Waals surface area contributed by atoms with Crippen LogP contribution in [-0.2, 0) is 6.54 Å². The van der Waals surface area contributed by atoms with Crippen molar-refractivity contribution in [2.45, 2.75) is 6.54 Å². The molecule has 0 N–H and O–H groups in total. The lowest BCUT2D eigenvalue weighted by Gasteiger charge is -2.21. The number of hydrogen-bond acceptors (Lipinski definition) is 7. The minimum absolute atomic E-state index is 0.258. The zero-order valence-corrected chi connectivity index (χ0v) is 19.6. The molecule has 1 heterocycles. The highest BCUT2D eigenvalue weighted by atomic mass is 32.1. The van der Waals surface area contributed by atoms with Gasteiger partial charge in [-0.2, -0.15) is 0 Å². The van der Waals surface area contributed by atoms with E-state index in [1.807, 2.05) is 36.4 Å². The van der Waals surface area contributed by atoms with Crippen molar-refractivity contribution in [3.05, 3.63) is 71.8 Å². The Kier molecular flexibility index (Phi) is 6.65. The average Bonchev–Trinajstić information content (AvgIpc) is 3.31. The number of ether oxygens (including phenoxy) is 4. The maximum absolute atomic E-state index is 13.9. The van der Waals surface area contributed by atoms with Gasteiger partial charge in [0.05, 0.1) is 40.5 Å². The molecule has 4 aromatic rings. The van der Waals surface area contributed by atoms with E-state index in [2.05, 4.69) is 0 Å². The number of amides is 1. The number of nitrogens with zero attached hydrogens (tertiary/aromatic N) is 2. The van der Waals surface area contributed by atoms with Gasteiger partial charge in [0.2, 0.25) is 0 Å². The van der Waals surface area contributed by atoms with E-state index in [0.717, 1.165) is 10.3 Å². The van der Waals surface area contributed by atoms with Crippen LogP contribution in [0.2, 0.25) is 0 Å². The number of methoxy groups -OCH3 is 4. The summed E-state index contributed by atoms with van der Waals surface area (Å²) in [6.45, 7) is 0.324. The SMILES string of the molecule is COc1ccc(OC)c(C(=O)N(Cc2ccccc2)c2nc3c(OC)ccc(OC)c3s2)c1. The summed E-state index contributed by atoms with van der Waals surface area (Å²) in [7, 11) is 6.29. The number of rotatable bonds is 8. The van der Waals surface area contributed by atoms with Gasteiger partial charge < -0.3 is 18.9 Å². The van der Waals surface area contributed by atoms with Gasteiger partial charge >= 0.3 is 0 Å².